The zero-order valence-corrected chi connectivity index (χ0v) is 14.1. The van der Waals surface area contributed by atoms with Gasteiger partial charge in [0.15, 0.2) is 0 Å². The van der Waals surface area contributed by atoms with Crippen molar-refractivity contribution in [2.24, 2.45) is 0 Å². The van der Waals surface area contributed by atoms with Crippen molar-refractivity contribution < 1.29 is 9.53 Å². The maximum atomic E-state index is 12.3. The molecule has 0 bridgehead atoms. The van der Waals surface area contributed by atoms with E-state index in [1.807, 2.05) is 17.7 Å². The van der Waals surface area contributed by atoms with E-state index in [-0.39, 0.29) is 11.6 Å². The predicted molar refractivity (Wildman–Crippen MR) is 93.6 cm³/mol. The third kappa shape index (κ3) is 3.97. The molecule has 8 heteroatoms. The van der Waals surface area contributed by atoms with Crippen LogP contribution in [0, 0.1) is 0 Å². The Labute approximate surface area is 144 Å². The summed E-state index contributed by atoms with van der Waals surface area (Å²) in [6.45, 7) is 4.62. The molecule has 0 aliphatic heterocycles. The minimum atomic E-state index is -0.202. The van der Waals surface area contributed by atoms with Gasteiger partial charge in [0.25, 0.3) is 5.91 Å². The second-order valence-corrected chi connectivity index (χ2v) is 5.57. The monoisotopic (exact) mass is 343 g/mol. The van der Waals surface area contributed by atoms with Crippen LogP contribution in [0.15, 0.2) is 41.7 Å². The lowest BCUT2D eigenvalue weighted by Gasteiger charge is -2.07. The van der Waals surface area contributed by atoms with Crippen LogP contribution in [0.25, 0.3) is 11.0 Å². The van der Waals surface area contributed by atoms with Gasteiger partial charge in [-0.15, -0.1) is 0 Å². The number of H-pyrrole nitrogens is 1. The molecule has 0 aliphatic rings. The molecule has 2 aromatic heterocycles. The first-order valence-electron chi connectivity index (χ1n) is 8.23. The van der Waals surface area contributed by atoms with Crippen molar-refractivity contribution in [3.63, 3.8) is 0 Å². The second-order valence-electron chi connectivity index (χ2n) is 5.57. The Balaban J connectivity index is 1.68. The Hall–Kier alpha value is -2.87. The molecule has 8 nitrogen and oxygen atoms in total. The van der Waals surface area contributed by atoms with Crippen molar-refractivity contribution in [1.29, 1.82) is 0 Å². The van der Waals surface area contributed by atoms with E-state index in [2.05, 4.69) is 15.3 Å². The van der Waals surface area contributed by atoms with E-state index < -0.39 is 0 Å². The molecule has 2 N–H and O–H groups in total. The molecule has 0 unspecified atom stereocenters. The number of rotatable bonds is 8. The molecule has 1 aromatic carbocycles. The molecule has 0 fully saturated rings. The Bertz CT molecular complexity index is 895. The average Bonchev–Trinajstić information content (AvgIpc) is 3.22. The van der Waals surface area contributed by atoms with Crippen LogP contribution in [0.1, 0.15) is 17.3 Å². The highest BCUT2D eigenvalue weighted by molar-refractivity contribution is 5.97. The number of imidazole rings is 2. The maximum Gasteiger partial charge on any atom is 0.326 e. The third-order valence-corrected chi connectivity index (χ3v) is 3.91. The number of hydrogen-bond acceptors (Lipinski definition) is 4. The smallest absolute Gasteiger partial charge is 0.326 e. The summed E-state index contributed by atoms with van der Waals surface area (Å²) in [5, 5.41) is 2.86. The zero-order valence-electron chi connectivity index (χ0n) is 14.1. The first kappa shape index (κ1) is 17.0. The van der Waals surface area contributed by atoms with Gasteiger partial charge in [0.2, 0.25) is 0 Å². The van der Waals surface area contributed by atoms with Crippen molar-refractivity contribution in [3.8, 4) is 0 Å². The number of carbonyl (C=O) groups excluding carboxylic acids is 1. The van der Waals surface area contributed by atoms with E-state index in [4.69, 9.17) is 4.74 Å². The predicted octanol–water partition coefficient (Wildman–Crippen LogP) is 0.993. The van der Waals surface area contributed by atoms with E-state index in [1.165, 1.54) is 0 Å². The van der Waals surface area contributed by atoms with Gasteiger partial charge in [0.05, 0.1) is 30.5 Å². The summed E-state index contributed by atoms with van der Waals surface area (Å²) in [5.41, 5.74) is 1.71. The Morgan fingerprint density at radius 1 is 1.36 bits per heavy atom. The zero-order chi connectivity index (χ0) is 17.6. The summed E-state index contributed by atoms with van der Waals surface area (Å²) in [6.07, 6.45) is 5.24. The van der Waals surface area contributed by atoms with Crippen molar-refractivity contribution in [1.82, 2.24) is 24.4 Å². The van der Waals surface area contributed by atoms with E-state index in [0.717, 1.165) is 5.52 Å². The molecule has 3 aromatic rings. The number of nitrogens with one attached hydrogen (secondary N) is 2. The molecule has 0 saturated heterocycles. The fourth-order valence-corrected chi connectivity index (χ4v) is 2.65. The highest BCUT2D eigenvalue weighted by atomic mass is 16.5. The van der Waals surface area contributed by atoms with Crippen LogP contribution in [0.4, 0.5) is 0 Å². The summed E-state index contributed by atoms with van der Waals surface area (Å²) in [4.78, 5) is 31.1. The van der Waals surface area contributed by atoms with Gasteiger partial charge in [-0.3, -0.25) is 9.36 Å². The number of aromatic amines is 1. The number of nitrogens with zero attached hydrogens (tertiary/aromatic N) is 3. The summed E-state index contributed by atoms with van der Waals surface area (Å²) in [5.74, 6) is -0.176. The minimum Gasteiger partial charge on any atom is -0.380 e. The van der Waals surface area contributed by atoms with E-state index in [9.17, 15) is 9.59 Å². The standard InChI is InChI=1S/C17H21N5O3/c1-2-25-10-9-22-15-4-3-13(11-14(15)20-17(22)24)16(23)19-6-8-21-7-5-18-12-21/h3-5,7,11-12H,2,6,8-10H2,1H3,(H,19,23)(H,20,24). The highest BCUT2D eigenvalue weighted by Crippen LogP contribution is 2.13. The van der Waals surface area contributed by atoms with Crippen molar-refractivity contribution >= 4 is 16.9 Å². The van der Waals surface area contributed by atoms with Gasteiger partial charge in [-0.1, -0.05) is 0 Å². The third-order valence-electron chi connectivity index (χ3n) is 3.91. The number of aromatic nitrogens is 4. The van der Waals surface area contributed by atoms with Gasteiger partial charge in [0.1, 0.15) is 0 Å². The van der Waals surface area contributed by atoms with Crippen LogP contribution in [0.3, 0.4) is 0 Å². The van der Waals surface area contributed by atoms with E-state index in [1.54, 1.807) is 35.3 Å². The number of carbonyl (C=O) groups is 1. The second kappa shape index (κ2) is 7.80. The summed E-state index contributed by atoms with van der Waals surface area (Å²) in [6, 6.07) is 5.20. The first-order valence-corrected chi connectivity index (χ1v) is 8.23. The number of benzene rings is 1. The Morgan fingerprint density at radius 3 is 3.00 bits per heavy atom. The van der Waals surface area contributed by atoms with Crippen LogP contribution in [0.2, 0.25) is 0 Å². The van der Waals surface area contributed by atoms with Crippen LogP contribution >= 0.6 is 0 Å². The quantitative estimate of drug-likeness (QED) is 0.597. The first-order chi connectivity index (χ1) is 12.2. The van der Waals surface area contributed by atoms with Crippen LogP contribution in [-0.2, 0) is 17.8 Å². The molecule has 2 heterocycles. The van der Waals surface area contributed by atoms with Gasteiger partial charge in [-0.25, -0.2) is 9.78 Å². The highest BCUT2D eigenvalue weighted by Gasteiger charge is 2.11. The van der Waals surface area contributed by atoms with E-state index >= 15 is 0 Å². The molecule has 3 rings (SSSR count). The Kier molecular flexibility index (Phi) is 5.30. The minimum absolute atomic E-state index is 0.176. The van der Waals surface area contributed by atoms with Crippen molar-refractivity contribution in [3.05, 3.63) is 53.0 Å². The van der Waals surface area contributed by atoms with Crippen LogP contribution in [0.5, 0.6) is 0 Å². The largest absolute Gasteiger partial charge is 0.380 e. The number of hydrogen-bond donors (Lipinski definition) is 2. The van der Waals surface area contributed by atoms with Gasteiger partial charge in [0, 0.05) is 37.7 Å². The maximum absolute atomic E-state index is 12.3. The number of amides is 1. The molecule has 25 heavy (non-hydrogen) atoms. The molecule has 132 valence electrons. The molecule has 0 saturated carbocycles. The van der Waals surface area contributed by atoms with Crippen LogP contribution in [-0.4, -0.2) is 44.8 Å². The molecule has 0 radical (unpaired) electrons. The lowest BCUT2D eigenvalue weighted by Crippen LogP contribution is -2.26. The number of ether oxygens (including phenoxy) is 1. The molecule has 0 spiro atoms. The average molecular weight is 343 g/mol. The lowest BCUT2D eigenvalue weighted by molar-refractivity contribution is 0.0952. The fourth-order valence-electron chi connectivity index (χ4n) is 2.65. The summed E-state index contributed by atoms with van der Waals surface area (Å²) >= 11 is 0. The molecular formula is C17H21N5O3. The van der Waals surface area contributed by atoms with Crippen LogP contribution < -0.4 is 11.0 Å². The molecule has 0 atom stereocenters. The number of fused-ring (bicyclic) bond motifs is 1. The molecule has 0 aliphatic carbocycles. The summed E-state index contributed by atoms with van der Waals surface area (Å²) < 4.78 is 8.81. The van der Waals surface area contributed by atoms with Crippen molar-refractivity contribution in [2.75, 3.05) is 19.8 Å². The van der Waals surface area contributed by atoms with Gasteiger partial charge in [-0.05, 0) is 25.1 Å². The normalized spacial score (nSPS) is 11.1. The SMILES string of the molecule is CCOCCn1c(=O)[nH]c2cc(C(=O)NCCn3ccnc3)ccc21. The van der Waals surface area contributed by atoms with E-state index in [0.29, 0.717) is 43.9 Å². The van der Waals surface area contributed by atoms with Gasteiger partial charge in [-0.2, -0.15) is 0 Å². The van der Waals surface area contributed by atoms with Gasteiger partial charge < -0.3 is 19.6 Å². The molecular weight excluding hydrogens is 322 g/mol. The fraction of sp³-hybridized carbons (Fsp3) is 0.353. The van der Waals surface area contributed by atoms with Crippen molar-refractivity contribution in [2.45, 2.75) is 20.0 Å². The lowest BCUT2D eigenvalue weighted by atomic mass is 10.2. The molecule has 1 amide bonds. The summed E-state index contributed by atoms with van der Waals surface area (Å²) in [7, 11) is 0. The van der Waals surface area contributed by atoms with Gasteiger partial charge >= 0.3 is 5.69 Å². The Morgan fingerprint density at radius 2 is 2.24 bits per heavy atom. The topological polar surface area (TPSA) is 93.9 Å².